The lowest BCUT2D eigenvalue weighted by atomic mass is 10.0. The van der Waals surface area contributed by atoms with Gasteiger partial charge in [-0.25, -0.2) is 0 Å². The van der Waals surface area contributed by atoms with Crippen molar-refractivity contribution in [3.63, 3.8) is 0 Å². The first-order valence-electron chi connectivity index (χ1n) is 5.44. The SMILES string of the molecule is CNCCC=Cc1cccc(C(F)(F)F)c1C. The summed E-state index contributed by atoms with van der Waals surface area (Å²) in [6.45, 7) is 2.31. The Morgan fingerprint density at radius 1 is 1.29 bits per heavy atom. The Hall–Kier alpha value is -1.29. The minimum absolute atomic E-state index is 0.278. The van der Waals surface area contributed by atoms with E-state index in [2.05, 4.69) is 5.32 Å². The molecule has 4 heteroatoms. The Bertz CT molecular complexity index is 394. The van der Waals surface area contributed by atoms with Crippen LogP contribution in [0.15, 0.2) is 24.3 Å². The molecule has 0 heterocycles. The summed E-state index contributed by atoms with van der Waals surface area (Å²) in [5.74, 6) is 0. The van der Waals surface area contributed by atoms with E-state index in [0.717, 1.165) is 19.0 Å². The molecule has 0 saturated heterocycles. The van der Waals surface area contributed by atoms with Crippen molar-refractivity contribution in [3.05, 3.63) is 41.0 Å². The third kappa shape index (κ3) is 3.89. The van der Waals surface area contributed by atoms with Crippen molar-refractivity contribution in [1.82, 2.24) is 5.32 Å². The number of alkyl halides is 3. The summed E-state index contributed by atoms with van der Waals surface area (Å²) >= 11 is 0. The molecule has 0 saturated carbocycles. The van der Waals surface area contributed by atoms with Crippen molar-refractivity contribution < 1.29 is 13.2 Å². The van der Waals surface area contributed by atoms with Gasteiger partial charge in [0.05, 0.1) is 5.56 Å². The van der Waals surface area contributed by atoms with Gasteiger partial charge in [-0.15, -0.1) is 0 Å². The standard InChI is InChI=1S/C13H16F3N/c1-10-11(6-3-4-9-17-2)7-5-8-12(10)13(14,15)16/h3,5-8,17H,4,9H2,1-2H3. The average Bonchev–Trinajstić information content (AvgIpc) is 2.25. The Labute approximate surface area is 99.3 Å². The minimum Gasteiger partial charge on any atom is -0.319 e. The lowest BCUT2D eigenvalue weighted by molar-refractivity contribution is -0.138. The highest BCUT2D eigenvalue weighted by molar-refractivity contribution is 5.56. The molecule has 0 amide bonds. The smallest absolute Gasteiger partial charge is 0.319 e. The van der Waals surface area contributed by atoms with Crippen LogP contribution in [-0.2, 0) is 6.18 Å². The number of rotatable bonds is 4. The molecule has 0 fully saturated rings. The number of hydrogen-bond donors (Lipinski definition) is 1. The normalized spacial score (nSPS) is 12.3. The molecule has 0 bridgehead atoms. The van der Waals surface area contributed by atoms with E-state index in [1.54, 1.807) is 12.1 Å². The topological polar surface area (TPSA) is 12.0 Å². The van der Waals surface area contributed by atoms with Crippen molar-refractivity contribution >= 4 is 6.08 Å². The fraction of sp³-hybridized carbons (Fsp3) is 0.385. The van der Waals surface area contributed by atoms with Crippen LogP contribution in [0.2, 0.25) is 0 Å². The van der Waals surface area contributed by atoms with Gasteiger partial charge in [-0.05, 0) is 44.1 Å². The lowest BCUT2D eigenvalue weighted by Crippen LogP contribution is -2.08. The molecule has 1 rings (SSSR count). The molecule has 0 spiro atoms. The average molecular weight is 243 g/mol. The fourth-order valence-corrected chi connectivity index (χ4v) is 1.58. The summed E-state index contributed by atoms with van der Waals surface area (Å²) in [5, 5.41) is 2.97. The third-order valence-electron chi connectivity index (χ3n) is 2.54. The van der Waals surface area contributed by atoms with Gasteiger partial charge in [0.15, 0.2) is 0 Å². The zero-order valence-electron chi connectivity index (χ0n) is 9.93. The predicted octanol–water partition coefficient (Wildman–Crippen LogP) is 3.64. The molecule has 1 nitrogen and oxygen atoms in total. The van der Waals surface area contributed by atoms with Gasteiger partial charge in [0.1, 0.15) is 0 Å². The molecular weight excluding hydrogens is 227 g/mol. The zero-order valence-corrected chi connectivity index (χ0v) is 9.93. The maximum atomic E-state index is 12.6. The van der Waals surface area contributed by atoms with Crippen LogP contribution in [0.1, 0.15) is 23.1 Å². The van der Waals surface area contributed by atoms with Crippen molar-refractivity contribution in [2.24, 2.45) is 0 Å². The van der Waals surface area contributed by atoms with Crippen LogP contribution in [0.5, 0.6) is 0 Å². The summed E-state index contributed by atoms with van der Waals surface area (Å²) in [6, 6.07) is 4.24. The van der Waals surface area contributed by atoms with E-state index in [4.69, 9.17) is 0 Å². The second-order valence-corrected chi connectivity index (χ2v) is 3.81. The minimum atomic E-state index is -4.28. The van der Waals surface area contributed by atoms with Gasteiger partial charge in [-0.2, -0.15) is 13.2 Å². The second kappa shape index (κ2) is 5.87. The highest BCUT2D eigenvalue weighted by Gasteiger charge is 2.32. The molecule has 0 radical (unpaired) electrons. The van der Waals surface area contributed by atoms with Crippen molar-refractivity contribution in [2.75, 3.05) is 13.6 Å². The summed E-state index contributed by atoms with van der Waals surface area (Å²) in [7, 11) is 1.84. The van der Waals surface area contributed by atoms with E-state index >= 15 is 0 Å². The number of benzene rings is 1. The van der Waals surface area contributed by atoms with Crippen LogP contribution >= 0.6 is 0 Å². The Kier molecular flexibility index (Phi) is 4.75. The van der Waals surface area contributed by atoms with Gasteiger partial charge in [-0.1, -0.05) is 24.3 Å². The molecule has 0 aromatic heterocycles. The monoisotopic (exact) mass is 243 g/mol. The number of hydrogen-bond acceptors (Lipinski definition) is 1. The first-order chi connectivity index (χ1) is 7.96. The molecule has 0 aliphatic carbocycles. The van der Waals surface area contributed by atoms with E-state index < -0.39 is 11.7 Å². The molecule has 94 valence electrons. The summed E-state index contributed by atoms with van der Waals surface area (Å²) in [5.41, 5.74) is 0.338. The maximum absolute atomic E-state index is 12.6. The highest BCUT2D eigenvalue weighted by atomic mass is 19.4. The van der Waals surface area contributed by atoms with Crippen molar-refractivity contribution in [3.8, 4) is 0 Å². The molecule has 1 aromatic rings. The van der Waals surface area contributed by atoms with Crippen LogP contribution in [0.3, 0.4) is 0 Å². The number of halogens is 3. The second-order valence-electron chi connectivity index (χ2n) is 3.81. The maximum Gasteiger partial charge on any atom is 0.416 e. The Morgan fingerprint density at radius 2 is 2.00 bits per heavy atom. The van der Waals surface area contributed by atoms with Gasteiger partial charge in [0.25, 0.3) is 0 Å². The van der Waals surface area contributed by atoms with E-state index in [1.165, 1.54) is 13.0 Å². The largest absolute Gasteiger partial charge is 0.416 e. The van der Waals surface area contributed by atoms with E-state index in [0.29, 0.717) is 5.56 Å². The van der Waals surface area contributed by atoms with Crippen LogP contribution in [0.4, 0.5) is 13.2 Å². The molecule has 1 aromatic carbocycles. The highest BCUT2D eigenvalue weighted by Crippen LogP contribution is 2.33. The first-order valence-corrected chi connectivity index (χ1v) is 5.44. The molecule has 0 unspecified atom stereocenters. The fourth-order valence-electron chi connectivity index (χ4n) is 1.58. The Morgan fingerprint density at radius 3 is 2.59 bits per heavy atom. The van der Waals surface area contributed by atoms with E-state index in [9.17, 15) is 13.2 Å². The Balaban J connectivity index is 2.91. The van der Waals surface area contributed by atoms with E-state index in [1.807, 2.05) is 13.1 Å². The van der Waals surface area contributed by atoms with Gasteiger partial charge >= 0.3 is 6.18 Å². The summed E-state index contributed by atoms with van der Waals surface area (Å²) in [4.78, 5) is 0. The predicted molar refractivity (Wildman–Crippen MR) is 63.8 cm³/mol. The van der Waals surface area contributed by atoms with Crippen LogP contribution < -0.4 is 5.32 Å². The quantitative estimate of drug-likeness (QED) is 0.796. The molecule has 0 aliphatic heterocycles. The van der Waals surface area contributed by atoms with Gasteiger partial charge < -0.3 is 5.32 Å². The molecule has 0 atom stereocenters. The van der Waals surface area contributed by atoms with Gasteiger partial charge in [0.2, 0.25) is 0 Å². The van der Waals surface area contributed by atoms with E-state index in [-0.39, 0.29) is 5.56 Å². The first kappa shape index (κ1) is 13.8. The van der Waals surface area contributed by atoms with Crippen molar-refractivity contribution in [1.29, 1.82) is 0 Å². The number of nitrogens with one attached hydrogen (secondary N) is 1. The molecule has 17 heavy (non-hydrogen) atoms. The van der Waals surface area contributed by atoms with Crippen LogP contribution in [-0.4, -0.2) is 13.6 Å². The summed E-state index contributed by atoms with van der Waals surface area (Å²) in [6.07, 6.45) is 0.131. The third-order valence-corrected chi connectivity index (χ3v) is 2.54. The summed E-state index contributed by atoms with van der Waals surface area (Å²) < 4.78 is 37.9. The lowest BCUT2D eigenvalue weighted by Gasteiger charge is -2.11. The molecule has 1 N–H and O–H groups in total. The molecule has 0 aliphatic rings. The van der Waals surface area contributed by atoms with Crippen molar-refractivity contribution in [2.45, 2.75) is 19.5 Å². The van der Waals surface area contributed by atoms with Crippen LogP contribution in [0.25, 0.3) is 6.08 Å². The van der Waals surface area contributed by atoms with Gasteiger partial charge in [0, 0.05) is 0 Å². The zero-order chi connectivity index (χ0) is 12.9. The van der Waals surface area contributed by atoms with Crippen LogP contribution in [0, 0.1) is 6.92 Å². The molecular formula is C13H16F3N. The van der Waals surface area contributed by atoms with Gasteiger partial charge in [-0.3, -0.25) is 0 Å².